The second-order valence-corrected chi connectivity index (χ2v) is 3.78. The lowest BCUT2D eigenvalue weighted by Crippen LogP contribution is -2.42. The Morgan fingerprint density at radius 1 is 1.36 bits per heavy atom. The Labute approximate surface area is 83.5 Å². The average Bonchev–Trinajstić information content (AvgIpc) is 1.98. The number of aryl methyl sites for hydroxylation is 1. The van der Waals surface area contributed by atoms with Crippen LogP contribution in [-0.4, -0.2) is 23.9 Å². The summed E-state index contributed by atoms with van der Waals surface area (Å²) in [7, 11) is 0. The number of amides is 1. The van der Waals surface area contributed by atoms with Gasteiger partial charge in [0.05, 0.1) is 0 Å². The molecule has 1 fully saturated rings. The largest absolute Gasteiger partial charge is 0.399 e. The average molecular weight is 190 g/mol. The van der Waals surface area contributed by atoms with E-state index in [1.54, 1.807) is 6.07 Å². The summed E-state index contributed by atoms with van der Waals surface area (Å²) in [6, 6.07) is 5.50. The van der Waals surface area contributed by atoms with Crippen molar-refractivity contribution in [3.63, 3.8) is 0 Å². The third kappa shape index (κ3) is 1.58. The second-order valence-electron chi connectivity index (χ2n) is 3.78. The highest BCUT2D eigenvalue weighted by molar-refractivity contribution is 5.95. The summed E-state index contributed by atoms with van der Waals surface area (Å²) < 4.78 is 0. The van der Waals surface area contributed by atoms with Crippen molar-refractivity contribution in [1.29, 1.82) is 0 Å². The van der Waals surface area contributed by atoms with Crippen molar-refractivity contribution in [2.75, 3.05) is 18.8 Å². The zero-order valence-corrected chi connectivity index (χ0v) is 8.29. The monoisotopic (exact) mass is 190 g/mol. The minimum atomic E-state index is 0.103. The molecule has 2 N–H and O–H groups in total. The van der Waals surface area contributed by atoms with Crippen LogP contribution >= 0.6 is 0 Å². The Hall–Kier alpha value is -1.51. The van der Waals surface area contributed by atoms with Crippen LogP contribution in [0, 0.1) is 6.92 Å². The van der Waals surface area contributed by atoms with Crippen molar-refractivity contribution in [3.05, 3.63) is 29.3 Å². The van der Waals surface area contributed by atoms with E-state index in [9.17, 15) is 4.79 Å². The molecule has 1 heterocycles. The van der Waals surface area contributed by atoms with E-state index in [2.05, 4.69) is 0 Å². The number of hydrogen-bond acceptors (Lipinski definition) is 2. The molecule has 0 atom stereocenters. The molecule has 0 spiro atoms. The number of nitrogens with two attached hydrogens (primary N) is 1. The van der Waals surface area contributed by atoms with E-state index >= 15 is 0 Å². The topological polar surface area (TPSA) is 46.3 Å². The molecule has 1 amide bonds. The van der Waals surface area contributed by atoms with Gasteiger partial charge in [-0.1, -0.05) is 0 Å². The molecule has 3 nitrogen and oxygen atoms in total. The van der Waals surface area contributed by atoms with Crippen molar-refractivity contribution in [2.24, 2.45) is 0 Å². The van der Waals surface area contributed by atoms with E-state index in [0.717, 1.165) is 25.1 Å². The fourth-order valence-electron chi connectivity index (χ4n) is 1.64. The van der Waals surface area contributed by atoms with Gasteiger partial charge in [0.1, 0.15) is 0 Å². The van der Waals surface area contributed by atoms with E-state index in [1.165, 1.54) is 0 Å². The summed E-state index contributed by atoms with van der Waals surface area (Å²) in [6.07, 6.45) is 1.12. The maximum atomic E-state index is 11.8. The number of hydrogen-bond donors (Lipinski definition) is 1. The molecule has 1 aliphatic rings. The summed E-state index contributed by atoms with van der Waals surface area (Å²) in [5.41, 5.74) is 8.09. The molecule has 74 valence electrons. The summed E-state index contributed by atoms with van der Waals surface area (Å²) in [6.45, 7) is 3.71. The van der Waals surface area contributed by atoms with E-state index in [0.29, 0.717) is 11.3 Å². The van der Waals surface area contributed by atoms with Gasteiger partial charge in [-0.2, -0.15) is 0 Å². The van der Waals surface area contributed by atoms with Gasteiger partial charge in [0.25, 0.3) is 5.91 Å². The maximum absolute atomic E-state index is 11.8. The van der Waals surface area contributed by atoms with E-state index < -0.39 is 0 Å². The SMILES string of the molecule is Cc1cc(N)cc(C(=O)N2CCC2)c1. The van der Waals surface area contributed by atoms with Gasteiger partial charge in [-0.05, 0) is 37.1 Å². The summed E-state index contributed by atoms with van der Waals surface area (Å²) in [5, 5.41) is 0. The number of rotatable bonds is 1. The first-order valence-electron chi connectivity index (χ1n) is 4.83. The predicted octanol–water partition coefficient (Wildman–Crippen LogP) is 1.42. The van der Waals surface area contributed by atoms with Gasteiger partial charge in [-0.25, -0.2) is 0 Å². The molecule has 2 rings (SSSR count). The summed E-state index contributed by atoms with van der Waals surface area (Å²) >= 11 is 0. The van der Waals surface area contributed by atoms with Crippen LogP contribution in [-0.2, 0) is 0 Å². The number of carbonyl (C=O) groups excluding carboxylic acids is 1. The number of benzene rings is 1. The minimum absolute atomic E-state index is 0.103. The molecule has 0 saturated carbocycles. The smallest absolute Gasteiger partial charge is 0.253 e. The van der Waals surface area contributed by atoms with Crippen LogP contribution in [0.15, 0.2) is 18.2 Å². The zero-order valence-electron chi connectivity index (χ0n) is 8.29. The lowest BCUT2D eigenvalue weighted by molar-refractivity contribution is 0.0652. The Bertz CT molecular complexity index is 349. The minimum Gasteiger partial charge on any atom is -0.399 e. The molecule has 0 radical (unpaired) electrons. The molecular formula is C11H14N2O. The predicted molar refractivity (Wildman–Crippen MR) is 56.1 cm³/mol. The van der Waals surface area contributed by atoms with Crippen molar-refractivity contribution in [3.8, 4) is 0 Å². The molecule has 1 saturated heterocycles. The molecule has 3 heteroatoms. The number of carbonyl (C=O) groups is 1. The Kier molecular flexibility index (Phi) is 2.15. The molecule has 0 aliphatic carbocycles. The third-order valence-electron chi connectivity index (χ3n) is 2.49. The highest BCUT2D eigenvalue weighted by atomic mass is 16.2. The molecule has 0 aromatic heterocycles. The molecule has 1 aliphatic heterocycles. The first-order chi connectivity index (χ1) is 6.66. The molecule has 0 bridgehead atoms. The van der Waals surface area contributed by atoms with Gasteiger partial charge in [-0.3, -0.25) is 4.79 Å². The fourth-order valence-corrected chi connectivity index (χ4v) is 1.64. The van der Waals surface area contributed by atoms with Gasteiger partial charge >= 0.3 is 0 Å². The zero-order chi connectivity index (χ0) is 10.1. The molecule has 1 aromatic carbocycles. The normalized spacial score (nSPS) is 15.1. The second kappa shape index (κ2) is 3.33. The Balaban J connectivity index is 2.26. The number of nitrogens with zero attached hydrogens (tertiary/aromatic N) is 1. The van der Waals surface area contributed by atoms with Gasteiger partial charge < -0.3 is 10.6 Å². The van der Waals surface area contributed by atoms with Gasteiger partial charge in [0.2, 0.25) is 0 Å². The van der Waals surface area contributed by atoms with Crippen LogP contribution in [0.25, 0.3) is 0 Å². The highest BCUT2D eigenvalue weighted by Gasteiger charge is 2.21. The number of likely N-dealkylation sites (tertiary alicyclic amines) is 1. The Morgan fingerprint density at radius 2 is 2.07 bits per heavy atom. The maximum Gasteiger partial charge on any atom is 0.253 e. The number of nitrogen functional groups attached to an aromatic ring is 1. The lowest BCUT2D eigenvalue weighted by atomic mass is 10.1. The van der Waals surface area contributed by atoms with Gasteiger partial charge in [-0.15, -0.1) is 0 Å². The van der Waals surface area contributed by atoms with E-state index in [4.69, 9.17) is 5.73 Å². The third-order valence-corrected chi connectivity index (χ3v) is 2.49. The standard InChI is InChI=1S/C11H14N2O/c1-8-5-9(7-10(12)6-8)11(14)13-3-2-4-13/h5-7H,2-4,12H2,1H3. The van der Waals surface area contributed by atoms with Crippen molar-refractivity contribution in [2.45, 2.75) is 13.3 Å². The number of anilines is 1. The van der Waals surface area contributed by atoms with E-state index in [1.807, 2.05) is 24.0 Å². The quantitative estimate of drug-likeness (QED) is 0.681. The van der Waals surface area contributed by atoms with Crippen molar-refractivity contribution >= 4 is 11.6 Å². The van der Waals surface area contributed by atoms with Crippen LogP contribution in [0.5, 0.6) is 0 Å². The van der Waals surface area contributed by atoms with Gasteiger partial charge in [0.15, 0.2) is 0 Å². The lowest BCUT2D eigenvalue weighted by Gasteiger charge is -2.31. The van der Waals surface area contributed by atoms with Crippen molar-refractivity contribution in [1.82, 2.24) is 4.90 Å². The summed E-state index contributed by atoms with van der Waals surface area (Å²) in [5.74, 6) is 0.103. The molecular weight excluding hydrogens is 176 g/mol. The molecule has 0 unspecified atom stereocenters. The molecule has 14 heavy (non-hydrogen) atoms. The fraction of sp³-hybridized carbons (Fsp3) is 0.364. The highest BCUT2D eigenvalue weighted by Crippen LogP contribution is 2.16. The first-order valence-corrected chi connectivity index (χ1v) is 4.83. The van der Waals surface area contributed by atoms with Crippen LogP contribution < -0.4 is 5.73 Å². The van der Waals surface area contributed by atoms with Crippen molar-refractivity contribution < 1.29 is 4.79 Å². The van der Waals surface area contributed by atoms with Gasteiger partial charge in [0, 0.05) is 24.3 Å². The molecule has 1 aromatic rings. The van der Waals surface area contributed by atoms with Crippen LogP contribution in [0.2, 0.25) is 0 Å². The van der Waals surface area contributed by atoms with Crippen LogP contribution in [0.3, 0.4) is 0 Å². The van der Waals surface area contributed by atoms with Crippen LogP contribution in [0.1, 0.15) is 22.3 Å². The van der Waals surface area contributed by atoms with E-state index in [-0.39, 0.29) is 5.91 Å². The van der Waals surface area contributed by atoms with Crippen LogP contribution in [0.4, 0.5) is 5.69 Å². The Morgan fingerprint density at radius 3 is 2.57 bits per heavy atom. The first kappa shape index (κ1) is 9.06. The summed E-state index contributed by atoms with van der Waals surface area (Å²) in [4.78, 5) is 13.6.